The van der Waals surface area contributed by atoms with Gasteiger partial charge in [-0.25, -0.2) is 0 Å². The molecule has 122 valence electrons. The fourth-order valence-corrected chi connectivity index (χ4v) is 2.85. The summed E-state index contributed by atoms with van der Waals surface area (Å²) in [5.74, 6) is 1.10. The quantitative estimate of drug-likeness (QED) is 0.479. The van der Waals surface area contributed by atoms with Gasteiger partial charge in [0.15, 0.2) is 6.61 Å². The molecule has 0 aliphatic carbocycles. The molecule has 0 aliphatic rings. The van der Waals surface area contributed by atoms with Gasteiger partial charge >= 0.3 is 5.97 Å². The number of rotatable bonds is 7. The molecule has 0 bridgehead atoms. The maximum Gasteiger partial charge on any atom is 0.307 e. The van der Waals surface area contributed by atoms with Crippen molar-refractivity contribution in [2.24, 2.45) is 0 Å². The third-order valence-corrected chi connectivity index (χ3v) is 4.18. The van der Waals surface area contributed by atoms with Crippen molar-refractivity contribution >= 4 is 17.7 Å². The number of thioether (sulfide) groups is 1. The van der Waals surface area contributed by atoms with Crippen molar-refractivity contribution in [2.75, 3.05) is 5.75 Å². The highest BCUT2D eigenvalue weighted by atomic mass is 32.2. The first-order valence-electron chi connectivity index (χ1n) is 7.52. The lowest BCUT2D eigenvalue weighted by Gasteiger charge is -2.02. The Hall–Kier alpha value is -2.60. The minimum Gasteiger partial charge on any atom is -0.456 e. The fourth-order valence-electron chi connectivity index (χ4n) is 1.99. The molecule has 3 aromatic rings. The number of hydrogen-bond acceptors (Lipinski definition) is 6. The molecule has 5 nitrogen and oxygen atoms in total. The molecule has 2 aromatic carbocycles. The molecular formula is C18H16N2O3S. The molecule has 0 N–H and O–H groups in total. The Morgan fingerprint density at radius 3 is 2.46 bits per heavy atom. The van der Waals surface area contributed by atoms with Crippen molar-refractivity contribution in [1.29, 1.82) is 0 Å². The zero-order valence-electron chi connectivity index (χ0n) is 12.9. The Morgan fingerprint density at radius 2 is 1.71 bits per heavy atom. The maximum atomic E-state index is 11.8. The van der Waals surface area contributed by atoms with Crippen LogP contribution in [0.25, 0.3) is 11.5 Å². The van der Waals surface area contributed by atoms with E-state index in [1.165, 1.54) is 0 Å². The maximum absolute atomic E-state index is 11.8. The van der Waals surface area contributed by atoms with Crippen molar-refractivity contribution < 1.29 is 13.9 Å². The highest BCUT2D eigenvalue weighted by Crippen LogP contribution is 2.19. The Morgan fingerprint density at radius 1 is 1.00 bits per heavy atom. The summed E-state index contributed by atoms with van der Waals surface area (Å²) in [7, 11) is 0. The predicted molar refractivity (Wildman–Crippen MR) is 91.3 cm³/mol. The number of carbonyl (C=O) groups excluding carboxylic acids is 1. The van der Waals surface area contributed by atoms with Crippen LogP contribution in [0.2, 0.25) is 0 Å². The second kappa shape index (κ2) is 8.31. The van der Waals surface area contributed by atoms with E-state index in [4.69, 9.17) is 9.15 Å². The summed E-state index contributed by atoms with van der Waals surface area (Å²) >= 11 is 1.62. The van der Waals surface area contributed by atoms with Crippen LogP contribution < -0.4 is 0 Å². The molecule has 0 saturated heterocycles. The van der Waals surface area contributed by atoms with Gasteiger partial charge in [-0.2, -0.15) is 0 Å². The molecule has 0 radical (unpaired) electrons. The second-order valence-corrected chi connectivity index (χ2v) is 6.11. The van der Waals surface area contributed by atoms with Crippen molar-refractivity contribution in [3.8, 4) is 11.5 Å². The molecule has 24 heavy (non-hydrogen) atoms. The van der Waals surface area contributed by atoms with E-state index in [0.717, 1.165) is 10.5 Å². The van der Waals surface area contributed by atoms with Gasteiger partial charge in [0.2, 0.25) is 5.89 Å². The number of benzene rings is 2. The lowest BCUT2D eigenvalue weighted by Crippen LogP contribution is -2.05. The Bertz CT molecular complexity index is 775. The monoisotopic (exact) mass is 340 g/mol. The zero-order chi connectivity index (χ0) is 16.6. The normalized spacial score (nSPS) is 10.5. The molecule has 0 saturated carbocycles. The molecule has 0 unspecified atom stereocenters. The van der Waals surface area contributed by atoms with Gasteiger partial charge in [-0.05, 0) is 24.3 Å². The molecule has 0 aliphatic heterocycles. The standard InChI is InChI=1S/C18H16N2O3S/c21-17(11-12-24-15-9-5-2-6-10-15)22-13-16-19-20-18(23-16)14-7-3-1-4-8-14/h1-10H,11-13H2. The van der Waals surface area contributed by atoms with E-state index in [9.17, 15) is 4.79 Å². The van der Waals surface area contributed by atoms with Crippen LogP contribution in [0.3, 0.4) is 0 Å². The largest absolute Gasteiger partial charge is 0.456 e. The van der Waals surface area contributed by atoms with Crippen LogP contribution in [0.4, 0.5) is 0 Å². The first-order valence-corrected chi connectivity index (χ1v) is 8.51. The van der Waals surface area contributed by atoms with Gasteiger partial charge in [0.25, 0.3) is 5.89 Å². The minimum absolute atomic E-state index is 0.00529. The van der Waals surface area contributed by atoms with Gasteiger partial charge in [0, 0.05) is 16.2 Å². The third-order valence-electron chi connectivity index (χ3n) is 3.16. The lowest BCUT2D eigenvalue weighted by atomic mass is 10.2. The van der Waals surface area contributed by atoms with Crippen LogP contribution in [0.15, 0.2) is 70.0 Å². The van der Waals surface area contributed by atoms with E-state index in [1.54, 1.807) is 11.8 Å². The van der Waals surface area contributed by atoms with Crippen LogP contribution >= 0.6 is 11.8 Å². The summed E-state index contributed by atoms with van der Waals surface area (Å²) in [6, 6.07) is 19.4. The van der Waals surface area contributed by atoms with E-state index >= 15 is 0 Å². The summed E-state index contributed by atoms with van der Waals surface area (Å²) in [5.41, 5.74) is 0.835. The number of hydrogen-bond donors (Lipinski definition) is 0. The molecule has 0 spiro atoms. The fraction of sp³-hybridized carbons (Fsp3) is 0.167. The van der Waals surface area contributed by atoms with Crippen LogP contribution in [0.5, 0.6) is 0 Å². The highest BCUT2D eigenvalue weighted by molar-refractivity contribution is 7.99. The van der Waals surface area contributed by atoms with Crippen LogP contribution in [-0.2, 0) is 16.1 Å². The van der Waals surface area contributed by atoms with Crippen molar-refractivity contribution in [3.63, 3.8) is 0 Å². The van der Waals surface area contributed by atoms with E-state index < -0.39 is 0 Å². The van der Waals surface area contributed by atoms with E-state index in [-0.39, 0.29) is 18.5 Å². The molecule has 1 aromatic heterocycles. The third kappa shape index (κ3) is 4.70. The van der Waals surface area contributed by atoms with Gasteiger partial charge in [0.1, 0.15) is 0 Å². The van der Waals surface area contributed by atoms with Gasteiger partial charge in [0.05, 0.1) is 6.42 Å². The van der Waals surface area contributed by atoms with Gasteiger partial charge in [-0.3, -0.25) is 4.79 Å². The second-order valence-electron chi connectivity index (χ2n) is 4.94. The molecule has 3 rings (SSSR count). The van der Waals surface area contributed by atoms with E-state index in [2.05, 4.69) is 10.2 Å². The topological polar surface area (TPSA) is 65.2 Å². The van der Waals surface area contributed by atoms with Gasteiger partial charge in [-0.1, -0.05) is 36.4 Å². The lowest BCUT2D eigenvalue weighted by molar-refractivity contribution is -0.145. The van der Waals surface area contributed by atoms with E-state index in [1.807, 2.05) is 60.7 Å². The molecule has 1 heterocycles. The summed E-state index contributed by atoms with van der Waals surface area (Å²) in [5, 5.41) is 7.85. The number of nitrogens with zero attached hydrogens (tertiary/aromatic N) is 2. The molecular weight excluding hydrogens is 324 g/mol. The Balaban J connectivity index is 1.42. The number of ether oxygens (including phenoxy) is 1. The SMILES string of the molecule is O=C(CCSc1ccccc1)OCc1nnc(-c2ccccc2)o1. The summed E-state index contributed by atoms with van der Waals surface area (Å²) in [6.45, 7) is -0.00529. The summed E-state index contributed by atoms with van der Waals surface area (Å²) in [6.07, 6.45) is 0.333. The summed E-state index contributed by atoms with van der Waals surface area (Å²) in [4.78, 5) is 12.9. The van der Waals surface area contributed by atoms with Crippen LogP contribution in [0.1, 0.15) is 12.3 Å². The smallest absolute Gasteiger partial charge is 0.307 e. The van der Waals surface area contributed by atoms with E-state index in [0.29, 0.717) is 18.1 Å². The van der Waals surface area contributed by atoms with Gasteiger partial charge < -0.3 is 9.15 Å². The minimum atomic E-state index is -0.280. The van der Waals surface area contributed by atoms with Gasteiger partial charge in [-0.15, -0.1) is 22.0 Å². The van der Waals surface area contributed by atoms with Crippen LogP contribution in [-0.4, -0.2) is 21.9 Å². The van der Waals surface area contributed by atoms with Crippen LogP contribution in [0, 0.1) is 0 Å². The first kappa shape index (κ1) is 16.3. The predicted octanol–water partition coefficient (Wildman–Crippen LogP) is 3.96. The Kier molecular flexibility index (Phi) is 5.63. The summed E-state index contributed by atoms with van der Waals surface area (Å²) < 4.78 is 10.7. The van der Waals surface area contributed by atoms with Crippen molar-refractivity contribution in [3.05, 3.63) is 66.6 Å². The molecule has 0 atom stereocenters. The molecule has 0 amide bonds. The Labute approximate surface area is 144 Å². The highest BCUT2D eigenvalue weighted by Gasteiger charge is 2.10. The average Bonchev–Trinajstić information content (AvgIpc) is 3.11. The number of esters is 1. The molecule has 6 heteroatoms. The molecule has 0 fully saturated rings. The van der Waals surface area contributed by atoms with Crippen molar-refractivity contribution in [1.82, 2.24) is 10.2 Å². The number of carbonyl (C=O) groups is 1. The average molecular weight is 340 g/mol. The first-order chi connectivity index (χ1) is 11.8. The van der Waals surface area contributed by atoms with Crippen molar-refractivity contribution in [2.45, 2.75) is 17.9 Å². The number of aromatic nitrogens is 2. The zero-order valence-corrected chi connectivity index (χ0v) is 13.7.